The van der Waals surface area contributed by atoms with Gasteiger partial charge in [-0.2, -0.15) is 5.10 Å². The van der Waals surface area contributed by atoms with E-state index in [1.807, 2.05) is 17.5 Å². The van der Waals surface area contributed by atoms with Crippen LogP contribution in [-0.2, 0) is 9.59 Å². The summed E-state index contributed by atoms with van der Waals surface area (Å²) in [7, 11) is 0. The summed E-state index contributed by atoms with van der Waals surface area (Å²) in [4.78, 5) is 24.3. The summed E-state index contributed by atoms with van der Waals surface area (Å²) in [6.07, 6.45) is 1.68. The van der Waals surface area contributed by atoms with Gasteiger partial charge in [0.05, 0.1) is 16.9 Å². The molecule has 0 fully saturated rings. The third-order valence-electron chi connectivity index (χ3n) is 2.65. The highest BCUT2D eigenvalue weighted by molar-refractivity contribution is 7.11. The van der Waals surface area contributed by atoms with Gasteiger partial charge in [-0.05, 0) is 23.6 Å². The van der Waals surface area contributed by atoms with Crippen molar-refractivity contribution in [2.45, 2.75) is 12.8 Å². The van der Waals surface area contributed by atoms with E-state index in [1.54, 1.807) is 30.5 Å². The number of hydrogen-bond donors (Lipinski definition) is 2. The van der Waals surface area contributed by atoms with Crippen LogP contribution in [0.15, 0.2) is 46.9 Å². The van der Waals surface area contributed by atoms with E-state index >= 15 is 0 Å². The molecule has 5 nitrogen and oxygen atoms in total. The standard InChI is InChI=1S/C15H14ClN3O2S/c16-12-5-1-2-6-13(12)18-14(20)7-8-15(21)19-17-10-11-4-3-9-22-11/h1-6,9-10H,7-8H2,(H,18,20)(H,19,21). The van der Waals surface area contributed by atoms with Crippen molar-refractivity contribution in [1.29, 1.82) is 0 Å². The number of anilines is 1. The smallest absolute Gasteiger partial charge is 0.240 e. The number of nitrogens with one attached hydrogen (secondary N) is 2. The number of hydrazone groups is 1. The molecule has 2 N–H and O–H groups in total. The maximum atomic E-state index is 11.7. The Bertz CT molecular complexity index is 671. The van der Waals surface area contributed by atoms with Gasteiger partial charge in [-0.3, -0.25) is 9.59 Å². The molecule has 0 atom stereocenters. The van der Waals surface area contributed by atoms with E-state index in [2.05, 4.69) is 15.8 Å². The van der Waals surface area contributed by atoms with E-state index in [9.17, 15) is 9.59 Å². The Hall–Kier alpha value is -2.18. The van der Waals surface area contributed by atoms with Crippen LogP contribution < -0.4 is 10.7 Å². The number of thiophene rings is 1. The van der Waals surface area contributed by atoms with E-state index in [0.717, 1.165) is 4.88 Å². The summed E-state index contributed by atoms with van der Waals surface area (Å²) in [6, 6.07) is 10.7. The maximum Gasteiger partial charge on any atom is 0.240 e. The number of amides is 2. The zero-order valence-corrected chi connectivity index (χ0v) is 13.2. The van der Waals surface area contributed by atoms with Crippen molar-refractivity contribution in [1.82, 2.24) is 5.43 Å². The predicted molar refractivity (Wildman–Crippen MR) is 89.4 cm³/mol. The van der Waals surface area contributed by atoms with Crippen molar-refractivity contribution in [3.63, 3.8) is 0 Å². The van der Waals surface area contributed by atoms with Gasteiger partial charge in [0, 0.05) is 17.7 Å². The first-order chi connectivity index (χ1) is 10.6. The fourth-order valence-electron chi connectivity index (χ4n) is 1.59. The van der Waals surface area contributed by atoms with Crippen molar-refractivity contribution in [2.75, 3.05) is 5.32 Å². The summed E-state index contributed by atoms with van der Waals surface area (Å²) < 4.78 is 0. The van der Waals surface area contributed by atoms with Crippen LogP contribution >= 0.6 is 22.9 Å². The molecule has 0 aliphatic carbocycles. The van der Waals surface area contributed by atoms with Gasteiger partial charge in [0.1, 0.15) is 0 Å². The van der Waals surface area contributed by atoms with Crippen molar-refractivity contribution in [3.8, 4) is 0 Å². The average Bonchev–Trinajstić information content (AvgIpc) is 3.01. The zero-order valence-electron chi connectivity index (χ0n) is 11.6. The number of halogens is 1. The summed E-state index contributed by atoms with van der Waals surface area (Å²) in [6.45, 7) is 0. The topological polar surface area (TPSA) is 70.6 Å². The number of carbonyl (C=O) groups is 2. The molecule has 1 heterocycles. The van der Waals surface area contributed by atoms with Gasteiger partial charge in [0.2, 0.25) is 11.8 Å². The Morgan fingerprint density at radius 3 is 2.64 bits per heavy atom. The Labute approximate surface area is 137 Å². The first-order valence-electron chi connectivity index (χ1n) is 6.55. The molecule has 2 aromatic rings. The molecule has 0 radical (unpaired) electrons. The maximum absolute atomic E-state index is 11.7. The van der Waals surface area contributed by atoms with E-state index in [4.69, 9.17) is 11.6 Å². The molecule has 1 aromatic carbocycles. The van der Waals surface area contributed by atoms with Crippen LogP contribution in [-0.4, -0.2) is 18.0 Å². The van der Waals surface area contributed by atoms with Crippen molar-refractivity contribution >= 4 is 46.7 Å². The van der Waals surface area contributed by atoms with Gasteiger partial charge >= 0.3 is 0 Å². The van der Waals surface area contributed by atoms with Crippen molar-refractivity contribution < 1.29 is 9.59 Å². The highest BCUT2D eigenvalue weighted by Crippen LogP contribution is 2.20. The van der Waals surface area contributed by atoms with Crippen LogP contribution in [0.5, 0.6) is 0 Å². The molecule has 0 saturated carbocycles. The quantitative estimate of drug-likeness (QED) is 0.628. The van der Waals surface area contributed by atoms with E-state index in [0.29, 0.717) is 10.7 Å². The number of para-hydroxylation sites is 1. The lowest BCUT2D eigenvalue weighted by molar-refractivity contribution is -0.124. The molecule has 2 amide bonds. The monoisotopic (exact) mass is 335 g/mol. The van der Waals surface area contributed by atoms with Crippen LogP contribution in [0.3, 0.4) is 0 Å². The van der Waals surface area contributed by atoms with Gasteiger partial charge in [-0.25, -0.2) is 5.43 Å². The molecule has 2 rings (SSSR count). The van der Waals surface area contributed by atoms with Gasteiger partial charge in [0.15, 0.2) is 0 Å². The van der Waals surface area contributed by atoms with Gasteiger partial charge in [-0.1, -0.05) is 29.8 Å². The SMILES string of the molecule is O=C(CCC(=O)Nc1ccccc1Cl)NN=Cc1cccs1. The Morgan fingerprint density at radius 2 is 1.91 bits per heavy atom. The third kappa shape index (κ3) is 5.31. The Kier molecular flexibility index (Phi) is 6.12. The largest absolute Gasteiger partial charge is 0.325 e. The molecular weight excluding hydrogens is 322 g/mol. The van der Waals surface area contributed by atoms with E-state index in [-0.39, 0.29) is 24.7 Å². The molecule has 0 bridgehead atoms. The minimum atomic E-state index is -0.317. The third-order valence-corrected chi connectivity index (χ3v) is 3.79. The Balaban J connectivity index is 1.72. The number of hydrogen-bond acceptors (Lipinski definition) is 4. The molecule has 7 heteroatoms. The second-order valence-electron chi connectivity index (χ2n) is 4.34. The highest BCUT2D eigenvalue weighted by atomic mass is 35.5. The first kappa shape index (κ1) is 16.2. The van der Waals surface area contributed by atoms with E-state index in [1.165, 1.54) is 11.3 Å². The molecule has 0 aliphatic heterocycles. The molecule has 114 valence electrons. The molecule has 22 heavy (non-hydrogen) atoms. The summed E-state index contributed by atoms with van der Waals surface area (Å²) in [5.74, 6) is -0.590. The lowest BCUT2D eigenvalue weighted by Gasteiger charge is -2.06. The Morgan fingerprint density at radius 1 is 1.14 bits per heavy atom. The van der Waals surface area contributed by atoms with Gasteiger partial charge in [0.25, 0.3) is 0 Å². The molecule has 1 aromatic heterocycles. The normalized spacial score (nSPS) is 10.6. The number of benzene rings is 1. The van der Waals surface area contributed by atoms with Gasteiger partial charge in [-0.15, -0.1) is 11.3 Å². The molecule has 0 unspecified atom stereocenters. The van der Waals surface area contributed by atoms with Crippen LogP contribution in [0.2, 0.25) is 5.02 Å². The lowest BCUT2D eigenvalue weighted by atomic mass is 10.2. The van der Waals surface area contributed by atoms with Crippen LogP contribution in [0, 0.1) is 0 Å². The lowest BCUT2D eigenvalue weighted by Crippen LogP contribution is -2.20. The molecule has 0 aliphatic rings. The summed E-state index contributed by atoms with van der Waals surface area (Å²) >= 11 is 7.45. The molecule has 0 spiro atoms. The van der Waals surface area contributed by atoms with Crippen LogP contribution in [0.4, 0.5) is 5.69 Å². The minimum absolute atomic E-state index is 0.0536. The summed E-state index contributed by atoms with van der Waals surface area (Å²) in [5.41, 5.74) is 2.92. The zero-order chi connectivity index (χ0) is 15.8. The summed E-state index contributed by atoms with van der Waals surface area (Å²) in [5, 5.41) is 8.86. The van der Waals surface area contributed by atoms with Crippen LogP contribution in [0.25, 0.3) is 0 Å². The number of carbonyl (C=O) groups excluding carboxylic acids is 2. The van der Waals surface area contributed by atoms with Crippen molar-refractivity contribution in [3.05, 3.63) is 51.7 Å². The molecule has 0 saturated heterocycles. The fourth-order valence-corrected chi connectivity index (χ4v) is 2.36. The average molecular weight is 336 g/mol. The minimum Gasteiger partial charge on any atom is -0.325 e. The van der Waals surface area contributed by atoms with Crippen molar-refractivity contribution in [2.24, 2.45) is 5.10 Å². The molecular formula is C15H14ClN3O2S. The predicted octanol–water partition coefficient (Wildman–Crippen LogP) is 3.27. The number of rotatable bonds is 6. The highest BCUT2D eigenvalue weighted by Gasteiger charge is 2.08. The second-order valence-corrected chi connectivity index (χ2v) is 5.72. The van der Waals surface area contributed by atoms with Crippen LogP contribution in [0.1, 0.15) is 17.7 Å². The fraction of sp³-hybridized carbons (Fsp3) is 0.133. The van der Waals surface area contributed by atoms with E-state index < -0.39 is 0 Å². The number of nitrogens with zero attached hydrogens (tertiary/aromatic N) is 1. The first-order valence-corrected chi connectivity index (χ1v) is 7.80. The van der Waals surface area contributed by atoms with Gasteiger partial charge < -0.3 is 5.32 Å². The second kappa shape index (κ2) is 8.31.